The van der Waals surface area contributed by atoms with Crippen molar-refractivity contribution in [2.45, 2.75) is 39.7 Å². The molecule has 1 fully saturated rings. The van der Waals surface area contributed by atoms with Crippen LogP contribution in [0.25, 0.3) is 0 Å². The fourth-order valence-corrected chi connectivity index (χ4v) is 4.15. The Balaban J connectivity index is 1.98. The Hall–Kier alpha value is -3.37. The highest BCUT2D eigenvalue weighted by molar-refractivity contribution is 5.96. The van der Waals surface area contributed by atoms with Gasteiger partial charge in [-0.05, 0) is 33.1 Å². The van der Waals surface area contributed by atoms with Crippen molar-refractivity contribution in [2.24, 2.45) is 5.92 Å². The summed E-state index contributed by atoms with van der Waals surface area (Å²) in [5.41, 5.74) is -1.06. The van der Waals surface area contributed by atoms with Crippen molar-refractivity contribution in [3.63, 3.8) is 0 Å². The number of nitrogens with zero attached hydrogens (tertiary/aromatic N) is 3. The van der Waals surface area contributed by atoms with Gasteiger partial charge in [-0.15, -0.1) is 0 Å². The van der Waals surface area contributed by atoms with Crippen LogP contribution in [0.1, 0.15) is 49.4 Å². The van der Waals surface area contributed by atoms with Gasteiger partial charge in [0.05, 0.1) is 25.9 Å². The van der Waals surface area contributed by atoms with Gasteiger partial charge >= 0.3 is 17.9 Å². The predicted octanol–water partition coefficient (Wildman–Crippen LogP) is 0.555. The van der Waals surface area contributed by atoms with Crippen LogP contribution in [0.4, 0.5) is 0 Å². The Kier molecular flexibility index (Phi) is 7.16. The van der Waals surface area contributed by atoms with Crippen molar-refractivity contribution in [3.8, 4) is 5.75 Å². The Labute approximate surface area is 184 Å². The van der Waals surface area contributed by atoms with Crippen molar-refractivity contribution in [1.29, 1.82) is 0 Å². The van der Waals surface area contributed by atoms with Crippen molar-refractivity contribution in [1.82, 2.24) is 14.5 Å². The number of aromatic nitrogens is 2. The number of likely N-dealkylation sites (tertiary alicyclic amines) is 1. The summed E-state index contributed by atoms with van der Waals surface area (Å²) in [5.74, 6) is -2.96. The van der Waals surface area contributed by atoms with Gasteiger partial charge in [-0.3, -0.25) is 9.36 Å². The minimum atomic E-state index is -0.880. The molecule has 0 aliphatic carbocycles. The summed E-state index contributed by atoms with van der Waals surface area (Å²) in [4.78, 5) is 55.5. The third-order valence-corrected chi connectivity index (χ3v) is 5.35. The zero-order chi connectivity index (χ0) is 23.4. The average molecular weight is 449 g/mol. The van der Waals surface area contributed by atoms with E-state index in [0.717, 1.165) is 6.08 Å². The van der Waals surface area contributed by atoms with E-state index in [-0.39, 0.29) is 50.4 Å². The lowest BCUT2D eigenvalue weighted by Crippen LogP contribution is -2.48. The molecule has 174 valence electrons. The number of piperidine rings is 1. The molecule has 11 heteroatoms. The molecular weight excluding hydrogens is 422 g/mol. The number of rotatable bonds is 7. The topological polar surface area (TPSA) is 137 Å². The molecule has 2 unspecified atom stereocenters. The molecule has 2 bridgehead atoms. The third-order valence-electron chi connectivity index (χ3n) is 5.35. The number of ether oxygens (including phenoxy) is 3. The molecule has 1 N–H and O–H groups in total. The molecule has 0 aromatic carbocycles. The van der Waals surface area contributed by atoms with E-state index in [9.17, 15) is 24.3 Å². The van der Waals surface area contributed by atoms with E-state index in [1.165, 1.54) is 4.57 Å². The summed E-state index contributed by atoms with van der Waals surface area (Å²) >= 11 is 0. The third kappa shape index (κ3) is 4.61. The van der Waals surface area contributed by atoms with Crippen LogP contribution in [0.15, 0.2) is 16.6 Å². The van der Waals surface area contributed by atoms with Gasteiger partial charge in [0.15, 0.2) is 5.69 Å². The first kappa shape index (κ1) is 23.3. The van der Waals surface area contributed by atoms with Crippen LogP contribution in [0.3, 0.4) is 0 Å². The zero-order valence-electron chi connectivity index (χ0n) is 18.3. The number of esters is 3. The van der Waals surface area contributed by atoms with E-state index in [1.807, 2.05) is 0 Å². The van der Waals surface area contributed by atoms with E-state index in [4.69, 9.17) is 14.2 Å². The highest BCUT2D eigenvalue weighted by Crippen LogP contribution is 2.36. The number of hydrogen-bond acceptors (Lipinski definition) is 10. The summed E-state index contributed by atoms with van der Waals surface area (Å²) in [6.07, 6.45) is 1.79. The molecule has 0 saturated carbocycles. The molecule has 2 aliphatic heterocycles. The van der Waals surface area contributed by atoms with Gasteiger partial charge in [-0.1, -0.05) is 0 Å². The lowest BCUT2D eigenvalue weighted by molar-refractivity contribution is -0.143. The van der Waals surface area contributed by atoms with Crippen LogP contribution in [0, 0.1) is 5.92 Å². The number of aromatic hydroxyl groups is 1. The van der Waals surface area contributed by atoms with Crippen LogP contribution in [-0.4, -0.2) is 70.4 Å². The largest absolute Gasteiger partial charge is 0.501 e. The van der Waals surface area contributed by atoms with Gasteiger partial charge < -0.3 is 24.2 Å². The predicted molar refractivity (Wildman–Crippen MR) is 110 cm³/mol. The van der Waals surface area contributed by atoms with Gasteiger partial charge in [0.1, 0.15) is 11.5 Å². The number of carbonyl (C=O) groups excluding carboxylic acids is 3. The Morgan fingerprint density at radius 2 is 1.75 bits per heavy atom. The molecule has 0 radical (unpaired) electrons. The first-order chi connectivity index (χ1) is 15.3. The smallest absolute Gasteiger partial charge is 0.361 e. The molecule has 2 atom stereocenters. The van der Waals surface area contributed by atoms with Crippen molar-refractivity contribution < 1.29 is 33.7 Å². The van der Waals surface area contributed by atoms with E-state index < -0.39 is 34.9 Å². The van der Waals surface area contributed by atoms with Crippen molar-refractivity contribution in [3.05, 3.63) is 33.6 Å². The standard InChI is InChI=1S/C21H27N3O8/c1-4-30-15(25)8-14(20(28)31-5-2)23-9-12-7-13(11-23)18-22-16(21(29)32-6-3)17(26)19(27)24(18)10-12/h8,12-13,26H,4-7,9-11H2,1-3H3. The van der Waals surface area contributed by atoms with E-state index in [0.29, 0.717) is 18.8 Å². The van der Waals surface area contributed by atoms with Gasteiger partial charge in [0.25, 0.3) is 5.56 Å². The van der Waals surface area contributed by atoms with Crippen LogP contribution in [0.2, 0.25) is 0 Å². The quantitative estimate of drug-likeness (QED) is 0.357. The monoisotopic (exact) mass is 449 g/mol. The second kappa shape index (κ2) is 9.84. The normalized spacial score (nSPS) is 19.7. The first-order valence-corrected chi connectivity index (χ1v) is 10.6. The van der Waals surface area contributed by atoms with Crippen molar-refractivity contribution in [2.75, 3.05) is 32.9 Å². The molecular formula is C21H27N3O8. The van der Waals surface area contributed by atoms with Crippen LogP contribution < -0.4 is 5.56 Å². The average Bonchev–Trinajstić information content (AvgIpc) is 2.75. The minimum Gasteiger partial charge on any atom is -0.501 e. The second-order valence-corrected chi connectivity index (χ2v) is 7.51. The molecule has 1 aromatic rings. The van der Waals surface area contributed by atoms with Crippen LogP contribution in [0.5, 0.6) is 5.75 Å². The summed E-state index contributed by atoms with van der Waals surface area (Å²) in [6.45, 7) is 6.22. The summed E-state index contributed by atoms with van der Waals surface area (Å²) in [7, 11) is 0. The Morgan fingerprint density at radius 3 is 2.41 bits per heavy atom. The van der Waals surface area contributed by atoms with Gasteiger partial charge in [0, 0.05) is 25.6 Å². The molecule has 3 rings (SSSR count). The molecule has 1 saturated heterocycles. The fraction of sp³-hybridized carbons (Fsp3) is 0.571. The summed E-state index contributed by atoms with van der Waals surface area (Å²) in [6, 6.07) is 0. The number of hydrogen-bond donors (Lipinski definition) is 1. The summed E-state index contributed by atoms with van der Waals surface area (Å²) < 4.78 is 16.3. The lowest BCUT2D eigenvalue weighted by Gasteiger charge is -2.43. The maximum Gasteiger partial charge on any atom is 0.361 e. The van der Waals surface area contributed by atoms with Crippen LogP contribution in [-0.2, 0) is 30.3 Å². The van der Waals surface area contributed by atoms with Gasteiger partial charge in [0.2, 0.25) is 5.75 Å². The Bertz CT molecular complexity index is 999. The van der Waals surface area contributed by atoms with Crippen molar-refractivity contribution >= 4 is 17.9 Å². The molecule has 2 aliphatic rings. The maximum atomic E-state index is 12.7. The number of carbonyl (C=O) groups is 3. The van der Waals surface area contributed by atoms with Gasteiger partial charge in [-0.25, -0.2) is 19.4 Å². The fourth-order valence-electron chi connectivity index (χ4n) is 4.15. The molecule has 0 amide bonds. The first-order valence-electron chi connectivity index (χ1n) is 10.6. The van der Waals surface area contributed by atoms with Gasteiger partial charge in [-0.2, -0.15) is 0 Å². The highest BCUT2D eigenvalue weighted by Gasteiger charge is 2.39. The Morgan fingerprint density at radius 1 is 1.06 bits per heavy atom. The highest BCUT2D eigenvalue weighted by atomic mass is 16.5. The van der Waals surface area contributed by atoms with Crippen LogP contribution >= 0.6 is 0 Å². The number of fused-ring (bicyclic) bond motifs is 4. The molecule has 1 aromatic heterocycles. The SMILES string of the molecule is CCOC(=O)C=C(C(=O)OCC)N1CC2CC(C1)c1nc(C(=O)OCC)c(O)c(=O)n1C2. The summed E-state index contributed by atoms with van der Waals surface area (Å²) in [5, 5.41) is 10.2. The molecule has 32 heavy (non-hydrogen) atoms. The molecule has 11 nitrogen and oxygen atoms in total. The lowest BCUT2D eigenvalue weighted by atomic mass is 9.84. The minimum absolute atomic E-state index is 0.0476. The molecule has 0 spiro atoms. The van der Waals surface area contributed by atoms with E-state index >= 15 is 0 Å². The maximum absolute atomic E-state index is 12.7. The molecule has 3 heterocycles. The second-order valence-electron chi connectivity index (χ2n) is 7.51. The zero-order valence-corrected chi connectivity index (χ0v) is 18.3. The van der Waals surface area contributed by atoms with E-state index in [2.05, 4.69) is 4.98 Å². The van der Waals surface area contributed by atoms with E-state index in [1.54, 1.807) is 25.7 Å².